The molecule has 3 rings (SSSR count). The minimum atomic E-state index is -0.554. The molecular formula is C18H21ClFN5O2S2. The van der Waals surface area contributed by atoms with Crippen LogP contribution in [0.1, 0.15) is 24.0 Å². The number of nitrogens with zero attached hydrogens (tertiary/aromatic N) is 2. The number of rotatable bonds is 6. The molecule has 2 unspecified atom stereocenters. The van der Waals surface area contributed by atoms with E-state index in [-0.39, 0.29) is 23.3 Å². The maximum atomic E-state index is 13.3. The van der Waals surface area contributed by atoms with Crippen molar-refractivity contribution in [3.63, 3.8) is 0 Å². The molecule has 2 atom stereocenters. The molecular weight excluding hydrogens is 437 g/mol. The molecule has 29 heavy (non-hydrogen) atoms. The van der Waals surface area contributed by atoms with Crippen molar-refractivity contribution in [2.75, 3.05) is 12.4 Å². The van der Waals surface area contributed by atoms with Gasteiger partial charge in [-0.2, -0.15) is 0 Å². The number of thiazole rings is 1. The van der Waals surface area contributed by atoms with Crippen molar-refractivity contribution in [1.29, 1.82) is 0 Å². The number of carbonyl (C=O) groups is 2. The molecule has 1 saturated heterocycles. The Morgan fingerprint density at radius 1 is 1.41 bits per heavy atom. The molecule has 11 heteroatoms. The van der Waals surface area contributed by atoms with Gasteiger partial charge in [-0.05, 0) is 38.1 Å². The fourth-order valence-corrected chi connectivity index (χ4v) is 4.49. The number of amides is 2. The molecule has 1 aromatic heterocycles. The molecule has 0 bridgehead atoms. The Morgan fingerprint density at radius 3 is 2.90 bits per heavy atom. The van der Waals surface area contributed by atoms with Crippen molar-refractivity contribution in [3.05, 3.63) is 45.1 Å². The summed E-state index contributed by atoms with van der Waals surface area (Å²) in [4.78, 5) is 29.7. The van der Waals surface area contributed by atoms with E-state index in [0.717, 1.165) is 17.1 Å². The number of anilines is 1. The summed E-state index contributed by atoms with van der Waals surface area (Å²) in [5, 5.41) is 8.48. The van der Waals surface area contributed by atoms with Gasteiger partial charge in [0, 0.05) is 23.2 Å². The van der Waals surface area contributed by atoms with E-state index in [4.69, 9.17) is 11.6 Å². The zero-order chi connectivity index (χ0) is 21.0. The SMILES string of the molecule is CCc1nc(CNC(=O)C2CC(C(=O)Nc3ccc(F)c(Cl)c3)N(C)SN2)cs1. The maximum absolute atomic E-state index is 13.3. The standard InChI is InChI=1S/C18H21ClFN5O2S2/c1-3-16-22-11(9-28-16)8-21-17(26)14-7-15(25(2)29-24-14)18(27)23-10-4-5-13(20)12(19)6-10/h4-6,9,14-15,24H,3,7-8H2,1-2H3,(H,21,26)(H,23,27). The summed E-state index contributed by atoms with van der Waals surface area (Å²) in [7, 11) is 1.76. The number of hydrogen-bond acceptors (Lipinski definition) is 7. The second-order valence-electron chi connectivity index (χ2n) is 6.48. The molecule has 156 valence electrons. The first kappa shape index (κ1) is 22.0. The Hall–Kier alpha value is -1.72. The zero-order valence-electron chi connectivity index (χ0n) is 15.9. The highest BCUT2D eigenvalue weighted by Gasteiger charge is 2.35. The minimum Gasteiger partial charge on any atom is -0.349 e. The van der Waals surface area contributed by atoms with Gasteiger partial charge in [-0.25, -0.2) is 18.4 Å². The quantitative estimate of drug-likeness (QED) is 0.578. The summed E-state index contributed by atoms with van der Waals surface area (Å²) in [5.74, 6) is -1.05. The summed E-state index contributed by atoms with van der Waals surface area (Å²) in [6.07, 6.45) is 1.15. The Kier molecular flexibility index (Phi) is 7.47. The molecule has 1 fully saturated rings. The van der Waals surface area contributed by atoms with Crippen LogP contribution < -0.4 is 15.4 Å². The van der Waals surface area contributed by atoms with Gasteiger partial charge in [0.25, 0.3) is 0 Å². The van der Waals surface area contributed by atoms with Gasteiger partial charge in [0.15, 0.2) is 0 Å². The average molecular weight is 458 g/mol. The van der Waals surface area contributed by atoms with E-state index < -0.39 is 17.9 Å². The van der Waals surface area contributed by atoms with Crippen LogP contribution >= 0.6 is 35.1 Å². The normalized spacial score (nSPS) is 19.7. The lowest BCUT2D eigenvalue weighted by molar-refractivity contribution is -0.124. The monoisotopic (exact) mass is 457 g/mol. The summed E-state index contributed by atoms with van der Waals surface area (Å²) in [5.41, 5.74) is 1.22. The smallest absolute Gasteiger partial charge is 0.242 e. The Balaban J connectivity index is 1.57. The average Bonchev–Trinajstić information content (AvgIpc) is 3.17. The summed E-state index contributed by atoms with van der Waals surface area (Å²) in [6.45, 7) is 2.38. The third-order valence-electron chi connectivity index (χ3n) is 4.39. The number of benzene rings is 1. The van der Waals surface area contributed by atoms with Crippen LogP contribution in [0.25, 0.3) is 0 Å². The minimum absolute atomic E-state index is 0.0682. The topological polar surface area (TPSA) is 86.4 Å². The van der Waals surface area contributed by atoms with Crippen molar-refractivity contribution < 1.29 is 14.0 Å². The third kappa shape index (κ3) is 5.67. The van der Waals surface area contributed by atoms with Crippen molar-refractivity contribution >= 4 is 52.6 Å². The largest absolute Gasteiger partial charge is 0.349 e. The van der Waals surface area contributed by atoms with Gasteiger partial charge in [-0.1, -0.05) is 18.5 Å². The molecule has 0 spiro atoms. The van der Waals surface area contributed by atoms with Crippen LogP contribution in [-0.2, 0) is 22.6 Å². The number of aromatic nitrogens is 1. The third-order valence-corrected chi connectivity index (χ3v) is 6.65. The van der Waals surface area contributed by atoms with Gasteiger partial charge in [-0.15, -0.1) is 11.3 Å². The molecule has 2 amide bonds. The van der Waals surface area contributed by atoms with Crippen LogP contribution in [0.2, 0.25) is 5.02 Å². The zero-order valence-corrected chi connectivity index (χ0v) is 18.3. The predicted molar refractivity (Wildman–Crippen MR) is 114 cm³/mol. The van der Waals surface area contributed by atoms with Gasteiger partial charge < -0.3 is 10.6 Å². The second-order valence-corrected chi connectivity index (χ2v) is 8.83. The number of hydrogen-bond donors (Lipinski definition) is 3. The van der Waals surface area contributed by atoms with Gasteiger partial charge in [0.1, 0.15) is 11.9 Å². The molecule has 1 aromatic carbocycles. The van der Waals surface area contributed by atoms with Gasteiger partial charge in [0.2, 0.25) is 11.8 Å². The summed E-state index contributed by atoms with van der Waals surface area (Å²) in [6, 6.07) is 2.90. The van der Waals surface area contributed by atoms with E-state index in [1.807, 2.05) is 12.3 Å². The van der Waals surface area contributed by atoms with Crippen LogP contribution in [-0.4, -0.2) is 40.2 Å². The molecule has 7 nitrogen and oxygen atoms in total. The lowest BCUT2D eigenvalue weighted by Gasteiger charge is -2.34. The van der Waals surface area contributed by atoms with E-state index in [2.05, 4.69) is 20.3 Å². The fraction of sp³-hybridized carbons (Fsp3) is 0.389. The maximum Gasteiger partial charge on any atom is 0.242 e. The van der Waals surface area contributed by atoms with Crippen molar-refractivity contribution in [3.8, 4) is 0 Å². The van der Waals surface area contributed by atoms with Gasteiger partial charge in [0.05, 0.1) is 28.3 Å². The molecule has 2 heterocycles. The van der Waals surface area contributed by atoms with Crippen LogP contribution in [0.4, 0.5) is 10.1 Å². The highest BCUT2D eigenvalue weighted by molar-refractivity contribution is 7.95. The summed E-state index contributed by atoms with van der Waals surface area (Å²) < 4.78 is 18.1. The molecule has 2 aromatic rings. The van der Waals surface area contributed by atoms with Crippen LogP contribution in [0.3, 0.4) is 0 Å². The van der Waals surface area contributed by atoms with E-state index in [1.54, 1.807) is 22.7 Å². The Morgan fingerprint density at radius 2 is 2.21 bits per heavy atom. The molecule has 0 saturated carbocycles. The van der Waals surface area contributed by atoms with Crippen LogP contribution in [0, 0.1) is 5.82 Å². The highest BCUT2D eigenvalue weighted by Crippen LogP contribution is 2.24. The van der Waals surface area contributed by atoms with E-state index >= 15 is 0 Å². The fourth-order valence-electron chi connectivity index (χ4n) is 2.76. The number of carbonyl (C=O) groups excluding carboxylic acids is 2. The Labute approximate surface area is 181 Å². The molecule has 0 aliphatic carbocycles. The molecule has 3 N–H and O–H groups in total. The lowest BCUT2D eigenvalue weighted by atomic mass is 10.1. The number of likely N-dealkylation sites (N-methyl/N-ethyl adjacent to an activating group) is 1. The van der Waals surface area contributed by atoms with Gasteiger partial charge in [-0.3, -0.25) is 9.59 Å². The molecule has 1 aliphatic rings. The van der Waals surface area contributed by atoms with Crippen molar-refractivity contribution in [2.24, 2.45) is 0 Å². The highest BCUT2D eigenvalue weighted by atomic mass is 35.5. The van der Waals surface area contributed by atoms with Gasteiger partial charge >= 0.3 is 0 Å². The van der Waals surface area contributed by atoms with E-state index in [1.165, 1.54) is 30.3 Å². The lowest BCUT2D eigenvalue weighted by Crippen LogP contribution is -2.54. The van der Waals surface area contributed by atoms with Crippen molar-refractivity contribution in [1.82, 2.24) is 19.3 Å². The first-order chi connectivity index (χ1) is 13.9. The first-order valence-electron chi connectivity index (χ1n) is 8.99. The molecule has 0 radical (unpaired) electrons. The molecule has 1 aliphatic heterocycles. The van der Waals surface area contributed by atoms with E-state index in [0.29, 0.717) is 12.2 Å². The number of nitrogens with one attached hydrogen (secondary N) is 3. The first-order valence-corrected chi connectivity index (χ1v) is 11.0. The predicted octanol–water partition coefficient (Wildman–Crippen LogP) is 2.98. The Bertz CT molecular complexity index is 897. The number of aryl methyl sites for hydroxylation is 1. The number of halogens is 2. The van der Waals surface area contributed by atoms with E-state index in [9.17, 15) is 14.0 Å². The second kappa shape index (κ2) is 9.86. The van der Waals surface area contributed by atoms with Crippen molar-refractivity contribution in [2.45, 2.75) is 38.4 Å². The van der Waals surface area contributed by atoms with Crippen LogP contribution in [0.15, 0.2) is 23.6 Å². The van der Waals surface area contributed by atoms with Crippen LogP contribution in [0.5, 0.6) is 0 Å². The summed E-state index contributed by atoms with van der Waals surface area (Å²) >= 11 is 8.53.